The van der Waals surface area contributed by atoms with Gasteiger partial charge < -0.3 is 10.2 Å². The lowest BCUT2D eigenvalue weighted by molar-refractivity contribution is -0.119. The van der Waals surface area contributed by atoms with E-state index in [1.807, 2.05) is 32.6 Å². The number of nitrogens with one attached hydrogen (secondary N) is 1. The molecule has 0 spiro atoms. The molecule has 2 amide bonds. The SMILES string of the molecule is CC(C)N1C(=S)SC(C)(C)C1N(O)C(=O)Nc1ccc(Cl)cc1Cl. The highest BCUT2D eigenvalue weighted by Crippen LogP contribution is 2.43. The summed E-state index contributed by atoms with van der Waals surface area (Å²) >= 11 is 18.8. The maximum absolute atomic E-state index is 12.5. The van der Waals surface area contributed by atoms with Gasteiger partial charge in [0.25, 0.3) is 0 Å². The molecular formula is C15H19Cl2N3O2S2. The Labute approximate surface area is 161 Å². The quantitative estimate of drug-likeness (QED) is 0.416. The van der Waals surface area contributed by atoms with E-state index in [4.69, 9.17) is 35.4 Å². The van der Waals surface area contributed by atoms with Crippen LogP contribution in [-0.4, -0.2) is 42.5 Å². The van der Waals surface area contributed by atoms with Gasteiger partial charge in [-0.15, -0.1) is 0 Å². The van der Waals surface area contributed by atoms with Gasteiger partial charge in [0.15, 0.2) is 0 Å². The van der Waals surface area contributed by atoms with Gasteiger partial charge in [0.05, 0.1) is 15.5 Å². The predicted octanol–water partition coefficient (Wildman–Crippen LogP) is 5.06. The maximum atomic E-state index is 12.5. The number of thiocarbonyl (C=S) groups is 1. The van der Waals surface area contributed by atoms with Crippen LogP contribution < -0.4 is 5.32 Å². The van der Waals surface area contributed by atoms with Crippen LogP contribution in [0.5, 0.6) is 0 Å². The number of anilines is 1. The molecule has 1 saturated heterocycles. The lowest BCUT2D eigenvalue weighted by atomic mass is 10.1. The average molecular weight is 408 g/mol. The van der Waals surface area contributed by atoms with Crippen LogP contribution in [0.3, 0.4) is 0 Å². The van der Waals surface area contributed by atoms with Gasteiger partial charge in [-0.25, -0.2) is 4.79 Å². The van der Waals surface area contributed by atoms with Crippen LogP contribution >= 0.6 is 47.2 Å². The molecule has 1 aliphatic heterocycles. The Kier molecular flexibility index (Phi) is 5.92. The summed E-state index contributed by atoms with van der Waals surface area (Å²) in [6.45, 7) is 7.79. The Morgan fingerprint density at radius 3 is 2.62 bits per heavy atom. The second-order valence-electron chi connectivity index (χ2n) is 6.24. The highest BCUT2D eigenvalue weighted by molar-refractivity contribution is 8.24. The lowest BCUT2D eigenvalue weighted by Crippen LogP contribution is -2.57. The molecule has 1 heterocycles. The van der Waals surface area contributed by atoms with Crippen molar-refractivity contribution in [3.63, 3.8) is 0 Å². The molecule has 0 aliphatic carbocycles. The smallest absolute Gasteiger partial charge is 0.331 e. The molecule has 5 nitrogen and oxygen atoms in total. The van der Waals surface area contributed by atoms with Crippen LogP contribution in [0.4, 0.5) is 10.5 Å². The number of hydroxylamine groups is 2. The van der Waals surface area contributed by atoms with Crippen LogP contribution in [0.15, 0.2) is 18.2 Å². The zero-order chi connectivity index (χ0) is 18.2. The topological polar surface area (TPSA) is 55.8 Å². The number of thioether (sulfide) groups is 1. The van der Waals surface area contributed by atoms with E-state index in [0.29, 0.717) is 25.1 Å². The number of amides is 2. The Balaban J connectivity index is 2.23. The normalized spacial score (nSPS) is 19.8. The van der Waals surface area contributed by atoms with E-state index in [9.17, 15) is 10.0 Å². The fourth-order valence-corrected chi connectivity index (χ4v) is 5.14. The number of urea groups is 1. The van der Waals surface area contributed by atoms with Gasteiger partial charge >= 0.3 is 6.03 Å². The third-order valence-electron chi connectivity index (χ3n) is 3.62. The molecular weight excluding hydrogens is 389 g/mol. The summed E-state index contributed by atoms with van der Waals surface area (Å²) < 4.78 is 0.188. The first kappa shape index (κ1) is 19.6. The molecule has 0 saturated carbocycles. The molecule has 0 radical (unpaired) electrons. The molecule has 1 aromatic rings. The van der Waals surface area contributed by atoms with Gasteiger partial charge in [-0.2, -0.15) is 5.06 Å². The summed E-state index contributed by atoms with van der Waals surface area (Å²) in [4.78, 5) is 14.3. The Morgan fingerprint density at radius 1 is 1.46 bits per heavy atom. The zero-order valence-corrected chi connectivity index (χ0v) is 16.9. The molecule has 2 rings (SSSR count). The third-order valence-corrected chi connectivity index (χ3v) is 5.75. The first-order valence-electron chi connectivity index (χ1n) is 7.30. The van der Waals surface area contributed by atoms with Crippen molar-refractivity contribution in [3.05, 3.63) is 28.2 Å². The maximum Gasteiger partial charge on any atom is 0.347 e. The van der Waals surface area contributed by atoms with Gasteiger partial charge in [0.1, 0.15) is 10.5 Å². The monoisotopic (exact) mass is 407 g/mol. The summed E-state index contributed by atoms with van der Waals surface area (Å²) in [7, 11) is 0. The van der Waals surface area contributed by atoms with Crippen molar-refractivity contribution < 1.29 is 10.0 Å². The summed E-state index contributed by atoms with van der Waals surface area (Å²) in [5.41, 5.74) is 0.368. The summed E-state index contributed by atoms with van der Waals surface area (Å²) in [6, 6.07) is 4.06. The van der Waals surface area contributed by atoms with Gasteiger partial charge in [-0.1, -0.05) is 47.2 Å². The minimum atomic E-state index is -0.687. The van der Waals surface area contributed by atoms with Crippen molar-refractivity contribution in [2.24, 2.45) is 0 Å². The van der Waals surface area contributed by atoms with Crippen LogP contribution in [0, 0.1) is 0 Å². The fourth-order valence-electron chi connectivity index (χ4n) is 2.55. The highest BCUT2D eigenvalue weighted by Gasteiger charge is 2.50. The van der Waals surface area contributed by atoms with E-state index in [0.717, 1.165) is 0 Å². The van der Waals surface area contributed by atoms with E-state index >= 15 is 0 Å². The van der Waals surface area contributed by atoms with Crippen molar-refractivity contribution in [1.29, 1.82) is 0 Å². The molecule has 9 heteroatoms. The Bertz CT molecular complexity index is 670. The van der Waals surface area contributed by atoms with E-state index in [-0.39, 0.29) is 6.04 Å². The second kappa shape index (κ2) is 7.25. The minimum Gasteiger partial charge on any atom is -0.331 e. The van der Waals surface area contributed by atoms with E-state index in [1.165, 1.54) is 17.8 Å². The second-order valence-corrected chi connectivity index (χ2v) is 9.38. The Morgan fingerprint density at radius 2 is 2.08 bits per heavy atom. The summed E-state index contributed by atoms with van der Waals surface area (Å²) in [6.07, 6.45) is -0.596. The molecule has 24 heavy (non-hydrogen) atoms. The molecule has 0 bridgehead atoms. The predicted molar refractivity (Wildman–Crippen MR) is 104 cm³/mol. The molecule has 1 atom stereocenters. The van der Waals surface area contributed by atoms with Gasteiger partial charge in [0, 0.05) is 11.1 Å². The van der Waals surface area contributed by atoms with Crippen molar-refractivity contribution in [2.45, 2.75) is 44.6 Å². The van der Waals surface area contributed by atoms with Crippen LogP contribution in [0.25, 0.3) is 0 Å². The van der Waals surface area contributed by atoms with Crippen LogP contribution in [0.2, 0.25) is 10.0 Å². The molecule has 132 valence electrons. The van der Waals surface area contributed by atoms with Crippen LogP contribution in [0.1, 0.15) is 27.7 Å². The first-order chi connectivity index (χ1) is 11.0. The van der Waals surface area contributed by atoms with Crippen molar-refractivity contribution >= 4 is 63.2 Å². The molecule has 1 aliphatic rings. The molecule has 1 fully saturated rings. The number of benzene rings is 1. The number of hydrogen-bond acceptors (Lipinski definition) is 4. The molecule has 2 N–H and O–H groups in total. The standard InChI is InChI=1S/C15H19Cl2N3O2S2/c1-8(2)19-12(15(3,4)24-14(19)23)20(22)13(21)18-11-6-5-9(16)7-10(11)17/h5-8,12,22H,1-4H3,(H,18,21). The number of halogens is 2. The van der Waals surface area contributed by atoms with E-state index < -0.39 is 16.9 Å². The Hall–Kier alpha value is -0.730. The fraction of sp³-hybridized carbons (Fsp3) is 0.467. The molecule has 0 aromatic heterocycles. The molecule has 1 unspecified atom stereocenters. The minimum absolute atomic E-state index is 0.0401. The van der Waals surface area contributed by atoms with Crippen molar-refractivity contribution in [3.8, 4) is 0 Å². The summed E-state index contributed by atoms with van der Waals surface area (Å²) in [5.74, 6) is 0. The number of carbonyl (C=O) groups excluding carboxylic acids is 1. The average Bonchev–Trinajstić information content (AvgIpc) is 2.69. The van der Waals surface area contributed by atoms with Gasteiger partial charge in [0.2, 0.25) is 0 Å². The lowest BCUT2D eigenvalue weighted by Gasteiger charge is -2.38. The molecule has 1 aromatic carbocycles. The van der Waals surface area contributed by atoms with Crippen LogP contribution in [-0.2, 0) is 0 Å². The number of rotatable bonds is 3. The van der Waals surface area contributed by atoms with Gasteiger partial charge in [-0.3, -0.25) is 5.21 Å². The zero-order valence-electron chi connectivity index (χ0n) is 13.7. The largest absolute Gasteiger partial charge is 0.347 e. The highest BCUT2D eigenvalue weighted by atomic mass is 35.5. The van der Waals surface area contributed by atoms with Gasteiger partial charge in [-0.05, 0) is 45.9 Å². The van der Waals surface area contributed by atoms with Crippen molar-refractivity contribution in [1.82, 2.24) is 9.96 Å². The number of nitrogens with zero attached hydrogens (tertiary/aromatic N) is 2. The number of carbonyl (C=O) groups is 1. The third kappa shape index (κ3) is 3.91. The van der Waals surface area contributed by atoms with Crippen molar-refractivity contribution in [2.75, 3.05) is 5.32 Å². The van der Waals surface area contributed by atoms with E-state index in [2.05, 4.69) is 5.32 Å². The summed E-state index contributed by atoms with van der Waals surface area (Å²) in [5, 5.41) is 14.6. The van der Waals surface area contributed by atoms with E-state index in [1.54, 1.807) is 12.1 Å². The number of hydrogen-bond donors (Lipinski definition) is 2. The first-order valence-corrected chi connectivity index (χ1v) is 9.28.